The number of pyridine rings is 1. The van der Waals surface area contributed by atoms with Crippen molar-refractivity contribution in [1.82, 2.24) is 25.6 Å². The highest BCUT2D eigenvalue weighted by Crippen LogP contribution is 2.31. The van der Waals surface area contributed by atoms with Crippen LogP contribution in [-0.4, -0.2) is 26.2 Å². The van der Waals surface area contributed by atoms with Crippen LogP contribution in [0.25, 0.3) is 33.1 Å². The molecule has 2 N–H and O–H groups in total. The molecule has 7 nitrogen and oxygen atoms in total. The van der Waals surface area contributed by atoms with Crippen molar-refractivity contribution in [2.75, 3.05) is 0 Å². The average molecular weight is 524 g/mol. The molecule has 0 aliphatic carbocycles. The van der Waals surface area contributed by atoms with Crippen LogP contribution in [0.3, 0.4) is 0 Å². The van der Waals surface area contributed by atoms with Crippen molar-refractivity contribution in [3.8, 4) is 11.1 Å². The Kier molecular flexibility index (Phi) is 6.32. The van der Waals surface area contributed by atoms with Gasteiger partial charge in [0.1, 0.15) is 22.7 Å². The summed E-state index contributed by atoms with van der Waals surface area (Å²) in [5, 5.41) is 11.8. The Morgan fingerprint density at radius 2 is 1.82 bits per heavy atom. The minimum absolute atomic E-state index is 0.121. The summed E-state index contributed by atoms with van der Waals surface area (Å²) in [5.74, 6) is -1.61. The van der Waals surface area contributed by atoms with Crippen molar-refractivity contribution >= 4 is 27.8 Å². The molecule has 3 aromatic heterocycles. The van der Waals surface area contributed by atoms with Crippen LogP contribution in [0.15, 0.2) is 83.8 Å². The predicted octanol–water partition coefficient (Wildman–Crippen LogP) is 6.00. The third-order valence-electron chi connectivity index (χ3n) is 6.70. The third-order valence-corrected chi connectivity index (χ3v) is 6.70. The van der Waals surface area contributed by atoms with Gasteiger partial charge in [0.2, 0.25) is 5.91 Å². The van der Waals surface area contributed by atoms with Gasteiger partial charge in [-0.2, -0.15) is 0 Å². The highest BCUT2D eigenvalue weighted by Gasteiger charge is 2.22. The van der Waals surface area contributed by atoms with Gasteiger partial charge in [0.15, 0.2) is 0 Å². The van der Waals surface area contributed by atoms with E-state index < -0.39 is 17.7 Å². The van der Waals surface area contributed by atoms with Gasteiger partial charge in [0.05, 0.1) is 18.2 Å². The lowest BCUT2D eigenvalue weighted by molar-refractivity contribution is -0.121. The first kappa shape index (κ1) is 24.4. The number of halogens is 2. The number of carbonyl (C=O) groups is 1. The zero-order valence-electron chi connectivity index (χ0n) is 20.9. The van der Waals surface area contributed by atoms with Crippen LogP contribution >= 0.6 is 0 Å². The monoisotopic (exact) mass is 523 g/mol. The first-order valence-corrected chi connectivity index (χ1v) is 12.4. The zero-order chi connectivity index (χ0) is 26.9. The fourth-order valence-electron chi connectivity index (χ4n) is 4.93. The molecule has 194 valence electrons. The maximum absolute atomic E-state index is 14.1. The summed E-state index contributed by atoms with van der Waals surface area (Å²) in [5.41, 5.74) is 6.56. The van der Waals surface area contributed by atoms with Gasteiger partial charge >= 0.3 is 0 Å². The van der Waals surface area contributed by atoms with Crippen molar-refractivity contribution in [2.24, 2.45) is 0 Å². The number of aromatic nitrogens is 4. The average Bonchev–Trinajstić information content (AvgIpc) is 3.54. The molecular weight excluding hydrogens is 500 g/mol. The molecule has 1 amide bonds. The largest absolute Gasteiger partial charge is 0.361 e. The third kappa shape index (κ3) is 5.11. The van der Waals surface area contributed by atoms with E-state index in [2.05, 4.69) is 25.6 Å². The van der Waals surface area contributed by atoms with E-state index in [1.54, 1.807) is 18.3 Å². The van der Waals surface area contributed by atoms with Gasteiger partial charge < -0.3 is 10.3 Å². The molecule has 6 aromatic rings. The maximum atomic E-state index is 14.1. The number of hydrogen-bond acceptors (Lipinski definition) is 5. The Labute approximate surface area is 221 Å². The van der Waals surface area contributed by atoms with Gasteiger partial charge in [-0.3, -0.25) is 9.78 Å². The second kappa shape index (κ2) is 10.1. The lowest BCUT2D eigenvalue weighted by Gasteiger charge is -2.21. The number of amides is 1. The van der Waals surface area contributed by atoms with Crippen LogP contribution in [0.2, 0.25) is 0 Å². The Morgan fingerprint density at radius 3 is 2.67 bits per heavy atom. The number of rotatable bonds is 7. The molecule has 0 unspecified atom stereocenters. The number of aromatic amines is 1. The first-order valence-electron chi connectivity index (χ1n) is 12.4. The summed E-state index contributed by atoms with van der Waals surface area (Å²) in [7, 11) is 0. The van der Waals surface area contributed by atoms with Crippen molar-refractivity contribution in [1.29, 1.82) is 0 Å². The van der Waals surface area contributed by atoms with E-state index in [1.807, 2.05) is 49.5 Å². The Balaban J connectivity index is 1.37. The molecule has 0 bridgehead atoms. The van der Waals surface area contributed by atoms with E-state index in [9.17, 15) is 13.6 Å². The Morgan fingerprint density at radius 1 is 1.00 bits per heavy atom. The van der Waals surface area contributed by atoms with Crippen LogP contribution in [0.5, 0.6) is 0 Å². The minimum Gasteiger partial charge on any atom is -0.361 e. The number of aryl methyl sites for hydroxylation is 1. The van der Waals surface area contributed by atoms with Crippen LogP contribution in [0.4, 0.5) is 8.78 Å². The number of nitrogens with one attached hydrogen (secondary N) is 2. The number of H-pyrrole nitrogens is 1. The lowest BCUT2D eigenvalue weighted by atomic mass is 9.95. The van der Waals surface area contributed by atoms with E-state index in [-0.39, 0.29) is 18.7 Å². The second-order valence-corrected chi connectivity index (χ2v) is 9.55. The van der Waals surface area contributed by atoms with Crippen LogP contribution in [-0.2, 0) is 17.6 Å². The summed E-state index contributed by atoms with van der Waals surface area (Å²) in [4.78, 5) is 21.2. The molecule has 3 heterocycles. The van der Waals surface area contributed by atoms with Crippen molar-refractivity contribution < 1.29 is 18.2 Å². The summed E-state index contributed by atoms with van der Waals surface area (Å²) >= 11 is 0. The molecule has 0 spiro atoms. The van der Waals surface area contributed by atoms with Crippen molar-refractivity contribution in [2.45, 2.75) is 25.8 Å². The molecular formula is C30H23F2N5O2. The molecule has 39 heavy (non-hydrogen) atoms. The standard InChI is InChI=1S/C30H23F2N5O2/c1-17-4-6-25-24(9-17)20(16-34-25)14-29(38)35-28(12-18-10-21(31)15-22(32)11-18)30-23(3-2-8-33-30)19-5-7-26-27(13-19)37-39-36-26/h2-11,13,15-16,28,34H,12,14H2,1H3,(H,35,38)/t28-/m0/s1. The highest BCUT2D eigenvalue weighted by molar-refractivity contribution is 5.89. The normalized spacial score (nSPS) is 12.2. The molecule has 0 radical (unpaired) electrons. The number of hydrogen-bond donors (Lipinski definition) is 2. The smallest absolute Gasteiger partial charge is 0.225 e. The Hall–Kier alpha value is -4.92. The predicted molar refractivity (Wildman–Crippen MR) is 143 cm³/mol. The molecule has 0 aliphatic rings. The topological polar surface area (TPSA) is 96.7 Å². The summed E-state index contributed by atoms with van der Waals surface area (Å²) < 4.78 is 33.0. The van der Waals surface area contributed by atoms with E-state index in [0.29, 0.717) is 22.3 Å². The van der Waals surface area contributed by atoms with Crippen LogP contribution in [0.1, 0.15) is 28.4 Å². The van der Waals surface area contributed by atoms with Gasteiger partial charge in [-0.1, -0.05) is 23.8 Å². The van der Waals surface area contributed by atoms with E-state index in [1.165, 1.54) is 12.1 Å². The molecule has 0 saturated carbocycles. The van der Waals surface area contributed by atoms with Gasteiger partial charge in [0.25, 0.3) is 0 Å². The summed E-state index contributed by atoms with van der Waals surface area (Å²) in [6.07, 6.45) is 3.71. The fraction of sp³-hybridized carbons (Fsp3) is 0.133. The van der Waals surface area contributed by atoms with E-state index >= 15 is 0 Å². The highest BCUT2D eigenvalue weighted by atomic mass is 19.1. The van der Waals surface area contributed by atoms with Gasteiger partial charge in [-0.25, -0.2) is 13.4 Å². The fourth-order valence-corrected chi connectivity index (χ4v) is 4.93. The molecule has 6 rings (SSSR count). The summed E-state index contributed by atoms with van der Waals surface area (Å²) in [6.45, 7) is 2.00. The molecule has 0 saturated heterocycles. The quantitative estimate of drug-likeness (QED) is 0.268. The number of fused-ring (bicyclic) bond motifs is 2. The van der Waals surface area contributed by atoms with Crippen LogP contribution < -0.4 is 5.32 Å². The number of benzene rings is 3. The first-order chi connectivity index (χ1) is 18.9. The molecule has 9 heteroatoms. The van der Waals surface area contributed by atoms with Gasteiger partial charge in [-0.15, -0.1) is 0 Å². The lowest BCUT2D eigenvalue weighted by Crippen LogP contribution is -2.32. The summed E-state index contributed by atoms with van der Waals surface area (Å²) in [6, 6.07) is 17.8. The number of carbonyl (C=O) groups excluding carboxylic acids is 1. The van der Waals surface area contributed by atoms with Crippen molar-refractivity contribution in [3.63, 3.8) is 0 Å². The molecule has 1 atom stereocenters. The minimum atomic E-state index is -0.686. The Bertz CT molecular complexity index is 1810. The van der Waals surface area contributed by atoms with E-state index in [4.69, 9.17) is 4.63 Å². The van der Waals surface area contributed by atoms with Gasteiger partial charge in [0, 0.05) is 34.9 Å². The zero-order valence-corrected chi connectivity index (χ0v) is 20.9. The van der Waals surface area contributed by atoms with E-state index in [0.717, 1.165) is 39.2 Å². The van der Waals surface area contributed by atoms with Crippen LogP contribution in [0, 0.1) is 18.6 Å². The SMILES string of the molecule is Cc1ccc2[nH]cc(CC(=O)N[C@@H](Cc3cc(F)cc(F)c3)c3ncccc3-c3ccc4nonc4c3)c2c1. The van der Waals surface area contributed by atoms with Gasteiger partial charge in [-0.05, 0) is 82.8 Å². The van der Waals surface area contributed by atoms with Crippen molar-refractivity contribution in [3.05, 3.63) is 113 Å². The maximum Gasteiger partial charge on any atom is 0.225 e. The second-order valence-electron chi connectivity index (χ2n) is 9.55. The number of nitrogens with zero attached hydrogens (tertiary/aromatic N) is 3. The molecule has 0 aliphatic heterocycles. The molecule has 0 fully saturated rings. The molecule has 3 aromatic carbocycles.